The van der Waals surface area contributed by atoms with Gasteiger partial charge in [0.05, 0.1) is 32.4 Å². The Morgan fingerprint density at radius 3 is 2.87 bits per heavy atom. The monoisotopic (exact) mass is 316 g/mol. The molecule has 0 spiro atoms. The molecule has 0 aliphatic carbocycles. The second-order valence-corrected chi connectivity index (χ2v) is 5.69. The Balaban J connectivity index is 1.94. The van der Waals surface area contributed by atoms with E-state index < -0.39 is 0 Å². The van der Waals surface area contributed by atoms with Gasteiger partial charge in [-0.2, -0.15) is 0 Å². The minimum Gasteiger partial charge on any atom is -0.468 e. The Labute approximate surface area is 134 Å². The van der Waals surface area contributed by atoms with E-state index in [0.717, 1.165) is 36.0 Å². The molecule has 1 aromatic heterocycles. The van der Waals surface area contributed by atoms with Crippen molar-refractivity contribution < 1.29 is 19.1 Å². The van der Waals surface area contributed by atoms with Gasteiger partial charge in [0.15, 0.2) is 0 Å². The number of rotatable bonds is 4. The number of methoxy groups -OCH3 is 2. The van der Waals surface area contributed by atoms with Gasteiger partial charge in [0.2, 0.25) is 0 Å². The van der Waals surface area contributed by atoms with Gasteiger partial charge >= 0.3 is 11.9 Å². The van der Waals surface area contributed by atoms with Crippen molar-refractivity contribution in [3.63, 3.8) is 0 Å². The first-order valence-electron chi connectivity index (χ1n) is 7.65. The van der Waals surface area contributed by atoms with Crippen molar-refractivity contribution in [3.8, 4) is 0 Å². The van der Waals surface area contributed by atoms with Gasteiger partial charge in [-0.1, -0.05) is 6.07 Å². The lowest BCUT2D eigenvalue weighted by Gasteiger charge is -2.22. The van der Waals surface area contributed by atoms with Gasteiger partial charge in [0.25, 0.3) is 0 Å². The van der Waals surface area contributed by atoms with Crippen molar-refractivity contribution in [1.29, 1.82) is 0 Å². The van der Waals surface area contributed by atoms with Crippen molar-refractivity contribution in [1.82, 2.24) is 9.88 Å². The summed E-state index contributed by atoms with van der Waals surface area (Å²) in [5.41, 5.74) is 2.45. The molecule has 1 saturated heterocycles. The average molecular weight is 316 g/mol. The Morgan fingerprint density at radius 2 is 2.13 bits per heavy atom. The Kier molecular flexibility index (Phi) is 4.34. The average Bonchev–Trinajstić information content (AvgIpc) is 3.19. The number of nitrogens with zero attached hydrogens (tertiary/aromatic N) is 1. The fourth-order valence-electron chi connectivity index (χ4n) is 3.24. The van der Waals surface area contributed by atoms with Crippen LogP contribution in [0.25, 0.3) is 10.9 Å². The molecule has 1 aliphatic heterocycles. The van der Waals surface area contributed by atoms with Crippen LogP contribution in [-0.4, -0.2) is 49.1 Å². The van der Waals surface area contributed by atoms with E-state index in [1.54, 1.807) is 6.07 Å². The van der Waals surface area contributed by atoms with Crippen LogP contribution in [0.1, 0.15) is 34.9 Å². The van der Waals surface area contributed by atoms with Crippen molar-refractivity contribution >= 4 is 22.8 Å². The second-order valence-electron chi connectivity index (χ2n) is 5.69. The van der Waals surface area contributed by atoms with E-state index in [1.807, 2.05) is 18.2 Å². The predicted molar refractivity (Wildman–Crippen MR) is 85.2 cm³/mol. The summed E-state index contributed by atoms with van der Waals surface area (Å²) in [5.74, 6) is -0.581. The first-order chi connectivity index (χ1) is 11.1. The number of likely N-dealkylation sites (tertiary alicyclic amines) is 1. The number of aromatic nitrogens is 1. The molecule has 3 rings (SSSR count). The minimum absolute atomic E-state index is 0.131. The summed E-state index contributed by atoms with van der Waals surface area (Å²) in [7, 11) is 2.78. The van der Waals surface area contributed by atoms with Crippen molar-refractivity contribution in [2.45, 2.75) is 18.9 Å². The maximum absolute atomic E-state index is 11.9. The molecule has 0 saturated carbocycles. The third kappa shape index (κ3) is 2.94. The van der Waals surface area contributed by atoms with E-state index in [-0.39, 0.29) is 24.5 Å². The number of esters is 2. The van der Waals surface area contributed by atoms with Crippen molar-refractivity contribution in [2.75, 3.05) is 27.3 Å². The van der Waals surface area contributed by atoms with Crippen LogP contribution in [-0.2, 0) is 14.3 Å². The molecule has 0 amide bonds. The quantitative estimate of drug-likeness (QED) is 0.876. The van der Waals surface area contributed by atoms with Crippen LogP contribution in [0, 0.1) is 0 Å². The van der Waals surface area contributed by atoms with Crippen molar-refractivity contribution in [2.24, 2.45) is 0 Å². The summed E-state index contributed by atoms with van der Waals surface area (Å²) in [6, 6.07) is 7.64. The Morgan fingerprint density at radius 1 is 1.30 bits per heavy atom. The molecule has 1 fully saturated rings. The second kappa shape index (κ2) is 6.42. The molecule has 1 N–H and O–H groups in total. The molecule has 6 nitrogen and oxygen atoms in total. The number of carbonyl (C=O) groups excluding carboxylic acids is 2. The number of hydrogen-bond acceptors (Lipinski definition) is 5. The summed E-state index contributed by atoms with van der Waals surface area (Å²) >= 11 is 0. The maximum atomic E-state index is 11.9. The van der Waals surface area contributed by atoms with Crippen molar-refractivity contribution in [3.05, 3.63) is 35.5 Å². The number of aromatic amines is 1. The maximum Gasteiger partial charge on any atom is 0.338 e. The minimum atomic E-state index is -0.348. The fourth-order valence-corrected chi connectivity index (χ4v) is 3.24. The first kappa shape index (κ1) is 15.6. The van der Waals surface area contributed by atoms with E-state index in [0.29, 0.717) is 5.56 Å². The molecule has 2 aromatic rings. The summed E-state index contributed by atoms with van der Waals surface area (Å²) in [6.45, 7) is 1.14. The predicted octanol–water partition coefficient (Wildman–Crippen LogP) is 2.26. The van der Waals surface area contributed by atoms with Crippen LogP contribution in [0.4, 0.5) is 0 Å². The molecule has 2 heterocycles. The highest BCUT2D eigenvalue weighted by molar-refractivity contribution is 6.04. The number of benzene rings is 1. The molecule has 0 radical (unpaired) electrons. The number of hydrogen-bond donors (Lipinski definition) is 1. The SMILES string of the molecule is COC(=O)CN1CCCC1c1cc2c(C(=O)OC)cccc2[nH]1. The third-order valence-corrected chi connectivity index (χ3v) is 4.37. The molecule has 6 heteroatoms. The van der Waals surface area contributed by atoms with E-state index in [9.17, 15) is 9.59 Å². The molecule has 1 aliphatic rings. The van der Waals surface area contributed by atoms with Crippen LogP contribution in [0.2, 0.25) is 0 Å². The smallest absolute Gasteiger partial charge is 0.338 e. The van der Waals surface area contributed by atoms with Crippen LogP contribution >= 0.6 is 0 Å². The Hall–Kier alpha value is -2.34. The molecule has 1 unspecified atom stereocenters. The molecule has 122 valence electrons. The van der Waals surface area contributed by atoms with Crippen LogP contribution in [0.3, 0.4) is 0 Å². The highest BCUT2D eigenvalue weighted by Gasteiger charge is 2.29. The zero-order valence-corrected chi connectivity index (χ0v) is 13.3. The Bertz CT molecular complexity index is 737. The van der Waals surface area contributed by atoms with Gasteiger partial charge in [-0.15, -0.1) is 0 Å². The van der Waals surface area contributed by atoms with Crippen LogP contribution in [0.5, 0.6) is 0 Å². The molecular formula is C17H20N2O4. The summed E-state index contributed by atoms with van der Waals surface area (Å²) in [6.07, 6.45) is 2.00. The summed E-state index contributed by atoms with van der Waals surface area (Å²) in [4.78, 5) is 28.9. The zero-order chi connectivity index (χ0) is 16.4. The van der Waals surface area contributed by atoms with Crippen LogP contribution < -0.4 is 0 Å². The topological polar surface area (TPSA) is 71.6 Å². The first-order valence-corrected chi connectivity index (χ1v) is 7.65. The van der Waals surface area contributed by atoms with Gasteiger partial charge in [0.1, 0.15) is 0 Å². The van der Waals surface area contributed by atoms with Gasteiger partial charge in [-0.05, 0) is 37.6 Å². The van der Waals surface area contributed by atoms with Gasteiger partial charge in [-0.3, -0.25) is 9.69 Å². The standard InChI is InChI=1S/C17H20N2O4/c1-22-16(20)10-19-8-4-7-15(19)14-9-12-11(17(21)23-2)5-3-6-13(12)18-14/h3,5-6,9,15,18H,4,7-8,10H2,1-2H3. The molecular weight excluding hydrogens is 296 g/mol. The van der Waals surface area contributed by atoms with Gasteiger partial charge in [-0.25, -0.2) is 4.79 Å². The third-order valence-electron chi connectivity index (χ3n) is 4.37. The summed E-state index contributed by atoms with van der Waals surface area (Å²) in [5, 5.41) is 0.847. The molecule has 1 atom stereocenters. The van der Waals surface area contributed by atoms with E-state index in [1.165, 1.54) is 14.2 Å². The van der Waals surface area contributed by atoms with Crippen LogP contribution in [0.15, 0.2) is 24.3 Å². The fraction of sp³-hybridized carbons (Fsp3) is 0.412. The number of H-pyrrole nitrogens is 1. The number of fused-ring (bicyclic) bond motifs is 1. The van der Waals surface area contributed by atoms with Gasteiger partial charge < -0.3 is 14.5 Å². The van der Waals surface area contributed by atoms with Gasteiger partial charge in [0, 0.05) is 16.6 Å². The van der Waals surface area contributed by atoms with E-state index in [2.05, 4.69) is 9.88 Å². The highest BCUT2D eigenvalue weighted by Crippen LogP contribution is 2.33. The molecule has 1 aromatic carbocycles. The molecule has 23 heavy (non-hydrogen) atoms. The zero-order valence-electron chi connectivity index (χ0n) is 13.3. The normalized spacial score (nSPS) is 18.3. The van der Waals surface area contributed by atoms with E-state index >= 15 is 0 Å². The molecule has 0 bridgehead atoms. The lowest BCUT2D eigenvalue weighted by Crippen LogP contribution is -2.30. The number of carbonyl (C=O) groups is 2. The lowest BCUT2D eigenvalue weighted by molar-refractivity contribution is -0.142. The lowest BCUT2D eigenvalue weighted by atomic mass is 10.1. The largest absolute Gasteiger partial charge is 0.468 e. The number of nitrogens with one attached hydrogen (secondary N) is 1. The summed E-state index contributed by atoms with van der Waals surface area (Å²) < 4.78 is 9.61. The highest BCUT2D eigenvalue weighted by atomic mass is 16.5. The number of ether oxygens (including phenoxy) is 2. The van der Waals surface area contributed by atoms with E-state index in [4.69, 9.17) is 9.47 Å².